The fraction of sp³-hybridized carbons (Fsp3) is 0.176. The minimum Gasteiger partial charge on any atom is -0.496 e. The molecule has 5 nitrogen and oxygen atoms in total. The van der Waals surface area contributed by atoms with Crippen LogP contribution < -0.4 is 10.1 Å². The van der Waals surface area contributed by atoms with Crippen molar-refractivity contribution in [3.05, 3.63) is 64.4 Å². The molecule has 0 fully saturated rings. The molecule has 0 atom stereocenters. The standard InChI is InChI=1S/C17H15ClFNO4/c1-23-15-5-3-2-4-11(15)9-20-16(21)10-24-17(22)13-7-6-12(19)8-14(13)18/h2-8H,9-10H2,1H3,(H,20,21). The van der Waals surface area contributed by atoms with Gasteiger partial charge in [0.25, 0.3) is 5.91 Å². The maximum Gasteiger partial charge on any atom is 0.340 e. The van der Waals surface area contributed by atoms with E-state index in [2.05, 4.69) is 5.32 Å². The van der Waals surface area contributed by atoms with Crippen molar-refractivity contribution in [2.45, 2.75) is 6.54 Å². The van der Waals surface area contributed by atoms with Gasteiger partial charge in [-0.2, -0.15) is 0 Å². The summed E-state index contributed by atoms with van der Waals surface area (Å²) in [5, 5.41) is 2.54. The van der Waals surface area contributed by atoms with Crippen LogP contribution in [0.15, 0.2) is 42.5 Å². The van der Waals surface area contributed by atoms with Crippen molar-refractivity contribution < 1.29 is 23.5 Å². The van der Waals surface area contributed by atoms with Gasteiger partial charge in [-0.25, -0.2) is 9.18 Å². The second-order valence-electron chi connectivity index (χ2n) is 4.79. The van der Waals surface area contributed by atoms with Gasteiger partial charge in [0, 0.05) is 12.1 Å². The van der Waals surface area contributed by atoms with Crippen molar-refractivity contribution in [3.63, 3.8) is 0 Å². The van der Waals surface area contributed by atoms with Crippen molar-refractivity contribution in [1.29, 1.82) is 0 Å². The highest BCUT2D eigenvalue weighted by Gasteiger charge is 2.14. The quantitative estimate of drug-likeness (QED) is 0.813. The number of hydrogen-bond acceptors (Lipinski definition) is 4. The van der Waals surface area contributed by atoms with Crippen LogP contribution in [0, 0.1) is 5.82 Å². The number of nitrogens with one attached hydrogen (secondary N) is 1. The Hall–Kier alpha value is -2.60. The number of carbonyl (C=O) groups is 2. The Balaban J connectivity index is 1.85. The molecule has 1 amide bonds. The van der Waals surface area contributed by atoms with Gasteiger partial charge in [-0.05, 0) is 24.3 Å². The topological polar surface area (TPSA) is 64.6 Å². The Morgan fingerprint density at radius 1 is 1.21 bits per heavy atom. The molecule has 0 saturated heterocycles. The van der Waals surface area contributed by atoms with E-state index in [0.29, 0.717) is 5.75 Å². The van der Waals surface area contributed by atoms with Gasteiger partial charge in [0.15, 0.2) is 6.61 Å². The molecular formula is C17H15ClFNO4. The van der Waals surface area contributed by atoms with Crippen LogP contribution in [-0.4, -0.2) is 25.6 Å². The van der Waals surface area contributed by atoms with Gasteiger partial charge in [-0.3, -0.25) is 4.79 Å². The zero-order valence-electron chi connectivity index (χ0n) is 12.8. The van der Waals surface area contributed by atoms with Crippen LogP contribution in [0.4, 0.5) is 4.39 Å². The van der Waals surface area contributed by atoms with Crippen molar-refractivity contribution in [3.8, 4) is 5.75 Å². The van der Waals surface area contributed by atoms with Gasteiger partial charge in [0.05, 0.1) is 17.7 Å². The molecule has 0 radical (unpaired) electrons. The molecule has 0 bridgehead atoms. The molecule has 0 spiro atoms. The summed E-state index contributed by atoms with van der Waals surface area (Å²) in [4.78, 5) is 23.6. The summed E-state index contributed by atoms with van der Waals surface area (Å²) in [6.45, 7) is -0.237. The SMILES string of the molecule is COc1ccccc1CNC(=O)COC(=O)c1ccc(F)cc1Cl. The van der Waals surface area contributed by atoms with Crippen LogP contribution >= 0.6 is 11.6 Å². The van der Waals surface area contributed by atoms with Crippen molar-refractivity contribution in [1.82, 2.24) is 5.32 Å². The Labute approximate surface area is 143 Å². The van der Waals surface area contributed by atoms with Gasteiger partial charge >= 0.3 is 5.97 Å². The summed E-state index contributed by atoms with van der Waals surface area (Å²) in [5.74, 6) is -1.20. The molecular weight excluding hydrogens is 337 g/mol. The van der Waals surface area contributed by atoms with E-state index >= 15 is 0 Å². The third-order valence-electron chi connectivity index (χ3n) is 3.15. The van der Waals surface area contributed by atoms with E-state index in [1.807, 2.05) is 18.2 Å². The van der Waals surface area contributed by atoms with Crippen LogP contribution in [-0.2, 0) is 16.1 Å². The monoisotopic (exact) mass is 351 g/mol. The van der Waals surface area contributed by atoms with E-state index in [4.69, 9.17) is 21.1 Å². The first-order valence-electron chi connectivity index (χ1n) is 7.02. The maximum atomic E-state index is 12.9. The van der Waals surface area contributed by atoms with E-state index in [1.165, 1.54) is 13.2 Å². The Kier molecular flexibility index (Phi) is 6.14. The smallest absolute Gasteiger partial charge is 0.340 e. The molecule has 0 aromatic heterocycles. The molecule has 1 N–H and O–H groups in total. The summed E-state index contributed by atoms with van der Waals surface area (Å²) in [5.41, 5.74) is 0.789. The highest BCUT2D eigenvalue weighted by Crippen LogP contribution is 2.18. The molecule has 2 rings (SSSR count). The average molecular weight is 352 g/mol. The molecule has 0 saturated carbocycles. The van der Waals surface area contributed by atoms with Crippen molar-refractivity contribution in [2.24, 2.45) is 0 Å². The van der Waals surface area contributed by atoms with Gasteiger partial charge in [0.2, 0.25) is 0 Å². The molecule has 0 unspecified atom stereocenters. The third-order valence-corrected chi connectivity index (χ3v) is 3.47. The summed E-state index contributed by atoms with van der Waals surface area (Å²) in [7, 11) is 1.54. The molecule has 2 aromatic rings. The van der Waals surface area contributed by atoms with Crippen LogP contribution in [0.2, 0.25) is 5.02 Å². The minimum atomic E-state index is -0.799. The average Bonchev–Trinajstić information content (AvgIpc) is 2.58. The molecule has 0 aliphatic carbocycles. The lowest BCUT2D eigenvalue weighted by atomic mass is 10.2. The summed E-state index contributed by atoms with van der Waals surface area (Å²) in [6.07, 6.45) is 0. The molecule has 0 heterocycles. The summed E-state index contributed by atoms with van der Waals surface area (Å²) in [6, 6.07) is 10.5. The maximum absolute atomic E-state index is 12.9. The highest BCUT2D eigenvalue weighted by atomic mass is 35.5. The predicted octanol–water partition coefficient (Wildman–Crippen LogP) is 2.96. The van der Waals surface area contributed by atoms with Crippen LogP contribution in [0.5, 0.6) is 5.75 Å². The molecule has 126 valence electrons. The van der Waals surface area contributed by atoms with Gasteiger partial charge in [0.1, 0.15) is 11.6 Å². The predicted molar refractivity (Wildman–Crippen MR) is 86.5 cm³/mol. The van der Waals surface area contributed by atoms with Crippen LogP contribution in [0.1, 0.15) is 15.9 Å². The lowest BCUT2D eigenvalue weighted by Crippen LogP contribution is -2.28. The summed E-state index contributed by atoms with van der Waals surface area (Å²) >= 11 is 5.76. The summed E-state index contributed by atoms with van der Waals surface area (Å²) < 4.78 is 23.0. The molecule has 24 heavy (non-hydrogen) atoms. The first kappa shape index (κ1) is 17.7. The zero-order valence-corrected chi connectivity index (χ0v) is 13.6. The Bertz CT molecular complexity index is 751. The van der Waals surface area contributed by atoms with Gasteiger partial charge in [-0.15, -0.1) is 0 Å². The number of hydrogen-bond donors (Lipinski definition) is 1. The molecule has 7 heteroatoms. The van der Waals surface area contributed by atoms with E-state index in [9.17, 15) is 14.0 Å². The lowest BCUT2D eigenvalue weighted by Gasteiger charge is -2.10. The highest BCUT2D eigenvalue weighted by molar-refractivity contribution is 6.33. The second kappa shape index (κ2) is 8.31. The molecule has 2 aromatic carbocycles. The largest absolute Gasteiger partial charge is 0.496 e. The lowest BCUT2D eigenvalue weighted by molar-refractivity contribution is -0.124. The number of ether oxygens (including phenoxy) is 2. The van der Waals surface area contributed by atoms with E-state index in [-0.39, 0.29) is 17.1 Å². The number of rotatable bonds is 6. The van der Waals surface area contributed by atoms with Crippen molar-refractivity contribution in [2.75, 3.05) is 13.7 Å². The fourth-order valence-corrected chi connectivity index (χ4v) is 2.20. The van der Waals surface area contributed by atoms with Gasteiger partial charge < -0.3 is 14.8 Å². The van der Waals surface area contributed by atoms with Crippen LogP contribution in [0.25, 0.3) is 0 Å². The number of para-hydroxylation sites is 1. The number of benzene rings is 2. The first-order valence-corrected chi connectivity index (χ1v) is 7.40. The Morgan fingerprint density at radius 2 is 1.96 bits per heavy atom. The zero-order chi connectivity index (χ0) is 17.5. The second-order valence-corrected chi connectivity index (χ2v) is 5.20. The van der Waals surface area contributed by atoms with Crippen molar-refractivity contribution >= 4 is 23.5 Å². The van der Waals surface area contributed by atoms with E-state index in [0.717, 1.165) is 17.7 Å². The number of amides is 1. The molecule has 0 aliphatic heterocycles. The number of carbonyl (C=O) groups excluding carboxylic acids is 2. The first-order chi connectivity index (χ1) is 11.5. The normalized spacial score (nSPS) is 10.1. The van der Waals surface area contributed by atoms with E-state index in [1.54, 1.807) is 6.07 Å². The fourth-order valence-electron chi connectivity index (χ4n) is 1.96. The van der Waals surface area contributed by atoms with E-state index < -0.39 is 24.3 Å². The van der Waals surface area contributed by atoms with Crippen LogP contribution in [0.3, 0.4) is 0 Å². The number of methoxy groups -OCH3 is 1. The number of esters is 1. The minimum absolute atomic E-state index is 0.00408. The number of halogens is 2. The third kappa shape index (κ3) is 4.70. The van der Waals surface area contributed by atoms with Gasteiger partial charge in [-0.1, -0.05) is 29.8 Å². The molecule has 0 aliphatic rings. The Morgan fingerprint density at radius 3 is 2.67 bits per heavy atom.